The Labute approximate surface area is 179 Å². The molecule has 12 heteroatoms. The minimum absolute atomic E-state index is 0.0325. The van der Waals surface area contributed by atoms with E-state index < -0.39 is 12.8 Å². The highest BCUT2D eigenvalue weighted by molar-refractivity contribution is 6.31. The van der Waals surface area contributed by atoms with Crippen LogP contribution in [0.1, 0.15) is 5.56 Å². The van der Waals surface area contributed by atoms with Crippen LogP contribution in [-0.4, -0.2) is 27.7 Å². The van der Waals surface area contributed by atoms with Gasteiger partial charge in [-0.2, -0.15) is 28.3 Å². The summed E-state index contributed by atoms with van der Waals surface area (Å²) in [6.45, 7) is -1.30. The Morgan fingerprint density at radius 1 is 1.07 bits per heavy atom. The standard InChI is InChI=1S/C18H13Cl2F3N6O/c19-12-2-1-3-13(6-12)26-15-7-14(20)27-17(28-15)29-25-9-11-4-5-16(24-8-11)30-10-18(21,22)23/h1-8H,9-10H2,(H,26,27,28). The van der Waals surface area contributed by atoms with Crippen LogP contribution in [0.5, 0.6) is 5.88 Å². The van der Waals surface area contributed by atoms with Crippen molar-refractivity contribution in [1.82, 2.24) is 15.0 Å². The number of aromatic nitrogens is 3. The molecule has 0 saturated heterocycles. The van der Waals surface area contributed by atoms with E-state index in [0.29, 0.717) is 22.1 Å². The highest BCUT2D eigenvalue weighted by Crippen LogP contribution is 2.23. The third kappa shape index (κ3) is 7.12. The molecular weight excluding hydrogens is 444 g/mol. The summed E-state index contributed by atoms with van der Waals surface area (Å²) in [6, 6.07) is 11.4. The lowest BCUT2D eigenvalue weighted by Crippen LogP contribution is -2.19. The fourth-order valence-corrected chi connectivity index (χ4v) is 2.52. The van der Waals surface area contributed by atoms with Gasteiger partial charge in [-0.25, -0.2) is 4.98 Å². The first-order chi connectivity index (χ1) is 14.3. The van der Waals surface area contributed by atoms with Gasteiger partial charge in [-0.3, -0.25) is 0 Å². The van der Waals surface area contributed by atoms with Crippen molar-refractivity contribution in [2.75, 3.05) is 11.9 Å². The van der Waals surface area contributed by atoms with E-state index in [0.717, 1.165) is 0 Å². The molecule has 0 fully saturated rings. The molecule has 0 bridgehead atoms. The summed E-state index contributed by atoms with van der Waals surface area (Å²) in [5.41, 5.74) is 1.32. The predicted octanol–water partition coefficient (Wildman–Crippen LogP) is 6.15. The van der Waals surface area contributed by atoms with E-state index in [9.17, 15) is 13.2 Å². The third-order valence-corrected chi connectivity index (χ3v) is 3.80. The van der Waals surface area contributed by atoms with Gasteiger partial charge in [0.2, 0.25) is 5.88 Å². The Bertz CT molecular complexity index is 1030. The molecule has 0 aliphatic heterocycles. The monoisotopic (exact) mass is 456 g/mol. The van der Waals surface area contributed by atoms with Gasteiger partial charge in [-0.05, 0) is 23.8 Å². The molecule has 3 rings (SSSR count). The highest BCUT2D eigenvalue weighted by Gasteiger charge is 2.28. The minimum Gasteiger partial charge on any atom is -0.468 e. The fourth-order valence-electron chi connectivity index (χ4n) is 2.15. The third-order valence-electron chi connectivity index (χ3n) is 3.37. The Hall–Kier alpha value is -2.98. The van der Waals surface area contributed by atoms with Crippen molar-refractivity contribution in [2.24, 2.45) is 10.2 Å². The van der Waals surface area contributed by atoms with Crippen molar-refractivity contribution in [3.8, 4) is 5.88 Å². The van der Waals surface area contributed by atoms with Gasteiger partial charge in [0.1, 0.15) is 11.0 Å². The maximum atomic E-state index is 12.1. The van der Waals surface area contributed by atoms with Crippen molar-refractivity contribution in [3.05, 3.63) is 64.4 Å². The van der Waals surface area contributed by atoms with E-state index in [1.54, 1.807) is 24.3 Å². The van der Waals surface area contributed by atoms with Crippen molar-refractivity contribution >= 4 is 40.7 Å². The minimum atomic E-state index is -4.42. The molecule has 1 N–H and O–H groups in total. The molecule has 30 heavy (non-hydrogen) atoms. The molecule has 7 nitrogen and oxygen atoms in total. The molecule has 2 heterocycles. The molecule has 0 aliphatic rings. The zero-order valence-electron chi connectivity index (χ0n) is 15.1. The zero-order valence-corrected chi connectivity index (χ0v) is 16.6. The molecule has 0 aliphatic carbocycles. The van der Waals surface area contributed by atoms with E-state index in [2.05, 4.69) is 35.2 Å². The SMILES string of the molecule is FC(F)(F)COc1ccc(CN=Nc2nc(Cl)cc(Nc3cccc(Cl)c3)n2)cn1. The van der Waals surface area contributed by atoms with Crippen LogP contribution in [0.4, 0.5) is 30.6 Å². The largest absolute Gasteiger partial charge is 0.468 e. The van der Waals surface area contributed by atoms with Gasteiger partial charge in [0.25, 0.3) is 5.95 Å². The summed E-state index contributed by atoms with van der Waals surface area (Å²) in [4.78, 5) is 12.0. The van der Waals surface area contributed by atoms with Crippen LogP contribution in [0, 0.1) is 0 Å². The molecule has 0 radical (unpaired) electrons. The Morgan fingerprint density at radius 2 is 1.90 bits per heavy atom. The highest BCUT2D eigenvalue weighted by atomic mass is 35.5. The first kappa shape index (κ1) is 21.7. The van der Waals surface area contributed by atoms with Crippen LogP contribution in [0.15, 0.2) is 58.9 Å². The van der Waals surface area contributed by atoms with Gasteiger partial charge < -0.3 is 10.1 Å². The normalized spacial score (nSPS) is 11.6. The number of rotatable bonds is 7. The molecule has 0 unspecified atom stereocenters. The van der Waals surface area contributed by atoms with Crippen LogP contribution in [0.3, 0.4) is 0 Å². The lowest BCUT2D eigenvalue weighted by molar-refractivity contribution is -0.154. The van der Waals surface area contributed by atoms with Gasteiger partial charge in [0, 0.05) is 29.0 Å². The van der Waals surface area contributed by atoms with Crippen LogP contribution >= 0.6 is 23.2 Å². The number of nitrogens with one attached hydrogen (secondary N) is 1. The Balaban J connectivity index is 1.61. The van der Waals surface area contributed by atoms with Crippen molar-refractivity contribution in [1.29, 1.82) is 0 Å². The number of hydrogen-bond donors (Lipinski definition) is 1. The second-order valence-corrected chi connectivity index (χ2v) is 6.64. The van der Waals surface area contributed by atoms with E-state index >= 15 is 0 Å². The average Bonchev–Trinajstić information content (AvgIpc) is 2.66. The van der Waals surface area contributed by atoms with Crippen molar-refractivity contribution in [3.63, 3.8) is 0 Å². The number of ether oxygens (including phenoxy) is 1. The molecule has 0 atom stereocenters. The lowest BCUT2D eigenvalue weighted by Gasteiger charge is -2.08. The number of hydrogen-bond acceptors (Lipinski definition) is 7. The van der Waals surface area contributed by atoms with E-state index in [1.807, 2.05) is 0 Å². The molecule has 0 spiro atoms. The molecular formula is C18H13Cl2F3N6O. The van der Waals surface area contributed by atoms with Gasteiger partial charge in [-0.1, -0.05) is 35.3 Å². The number of anilines is 2. The van der Waals surface area contributed by atoms with E-state index in [1.165, 1.54) is 24.4 Å². The molecule has 0 saturated carbocycles. The van der Waals surface area contributed by atoms with Crippen LogP contribution in [0.25, 0.3) is 0 Å². The average molecular weight is 457 g/mol. The van der Waals surface area contributed by atoms with Gasteiger partial charge in [0.15, 0.2) is 6.61 Å². The first-order valence-corrected chi connectivity index (χ1v) is 9.11. The Morgan fingerprint density at radius 3 is 2.60 bits per heavy atom. The molecule has 1 aromatic carbocycles. The van der Waals surface area contributed by atoms with Gasteiger partial charge in [0.05, 0.1) is 6.54 Å². The maximum Gasteiger partial charge on any atom is 0.422 e. The summed E-state index contributed by atoms with van der Waals surface area (Å²) >= 11 is 12.0. The topological polar surface area (TPSA) is 84.7 Å². The summed E-state index contributed by atoms with van der Waals surface area (Å²) in [7, 11) is 0. The van der Waals surface area contributed by atoms with Crippen LogP contribution < -0.4 is 10.1 Å². The molecule has 156 valence electrons. The second-order valence-electron chi connectivity index (χ2n) is 5.82. The predicted molar refractivity (Wildman–Crippen MR) is 106 cm³/mol. The van der Waals surface area contributed by atoms with Crippen molar-refractivity contribution < 1.29 is 17.9 Å². The molecule has 3 aromatic rings. The lowest BCUT2D eigenvalue weighted by atomic mass is 10.3. The summed E-state index contributed by atoms with van der Waals surface area (Å²) in [5.74, 6) is 0.298. The number of alkyl halides is 3. The number of azo groups is 1. The van der Waals surface area contributed by atoms with Gasteiger partial charge >= 0.3 is 6.18 Å². The van der Waals surface area contributed by atoms with E-state index in [-0.39, 0.29) is 23.5 Å². The van der Waals surface area contributed by atoms with Crippen molar-refractivity contribution in [2.45, 2.75) is 12.7 Å². The molecule has 2 aromatic heterocycles. The second kappa shape index (κ2) is 9.68. The number of pyridine rings is 1. The summed E-state index contributed by atoms with van der Waals surface area (Å²) in [5, 5.41) is 11.6. The summed E-state index contributed by atoms with van der Waals surface area (Å²) in [6.07, 6.45) is -3.08. The van der Waals surface area contributed by atoms with Crippen LogP contribution in [0.2, 0.25) is 10.2 Å². The zero-order chi connectivity index (χ0) is 21.6. The summed E-state index contributed by atoms with van der Waals surface area (Å²) < 4.78 is 40.9. The first-order valence-electron chi connectivity index (χ1n) is 8.36. The fraction of sp³-hybridized carbons (Fsp3) is 0.167. The van der Waals surface area contributed by atoms with Gasteiger partial charge in [-0.15, -0.1) is 5.11 Å². The van der Waals surface area contributed by atoms with E-state index in [4.69, 9.17) is 23.2 Å². The number of nitrogens with zero attached hydrogens (tertiary/aromatic N) is 5. The Kier molecular flexibility index (Phi) is 7.01. The van der Waals surface area contributed by atoms with Crippen LogP contribution in [-0.2, 0) is 6.54 Å². The number of halogens is 5. The number of benzene rings is 1. The smallest absolute Gasteiger partial charge is 0.422 e. The maximum absolute atomic E-state index is 12.1. The molecule has 0 amide bonds. The quantitative estimate of drug-likeness (QED) is 0.340.